The Morgan fingerprint density at radius 1 is 1.19 bits per heavy atom. The predicted octanol–water partition coefficient (Wildman–Crippen LogP) is 3.55. The van der Waals surface area contributed by atoms with E-state index in [1.807, 2.05) is 18.2 Å². The molecule has 0 saturated carbocycles. The third-order valence-corrected chi connectivity index (χ3v) is 4.76. The van der Waals surface area contributed by atoms with Crippen LogP contribution in [0.3, 0.4) is 0 Å². The molecule has 1 N–H and O–H groups in total. The van der Waals surface area contributed by atoms with E-state index in [0.29, 0.717) is 5.95 Å². The monoisotopic (exact) mass is 359 g/mol. The van der Waals surface area contributed by atoms with Crippen molar-refractivity contribution in [3.63, 3.8) is 0 Å². The minimum Gasteiger partial charge on any atom is -0.322 e. The fourth-order valence-corrected chi connectivity index (χ4v) is 3.30. The minimum atomic E-state index is -0.0125. The average molecular weight is 360 g/mol. The van der Waals surface area contributed by atoms with Crippen LogP contribution in [0.2, 0.25) is 0 Å². The second kappa shape index (κ2) is 5.09. The molecule has 0 amide bonds. The summed E-state index contributed by atoms with van der Waals surface area (Å²) in [6.07, 6.45) is 2.15. The van der Waals surface area contributed by atoms with Gasteiger partial charge in [0.1, 0.15) is 6.04 Å². The topological polar surface area (TPSA) is 55.6 Å². The number of thiophene rings is 1. The zero-order valence-corrected chi connectivity index (χ0v) is 13.2. The van der Waals surface area contributed by atoms with Crippen molar-refractivity contribution >= 4 is 38.9 Å². The lowest BCUT2D eigenvalue weighted by molar-refractivity contribution is 0.586. The number of hydrogen-bond acceptors (Lipinski definition) is 5. The zero-order chi connectivity index (χ0) is 14.2. The van der Waals surface area contributed by atoms with E-state index in [2.05, 4.69) is 66.4 Å². The lowest BCUT2D eigenvalue weighted by Crippen LogP contribution is -2.19. The average Bonchev–Trinajstić information content (AvgIpc) is 3.18. The van der Waals surface area contributed by atoms with Gasteiger partial charge in [-0.15, -0.1) is 11.3 Å². The first-order chi connectivity index (χ1) is 10.3. The minimum absolute atomic E-state index is 0.0125. The maximum absolute atomic E-state index is 4.09. The first-order valence-electron chi connectivity index (χ1n) is 6.37. The molecule has 3 aromatic rings. The molecule has 1 aliphatic rings. The molecule has 0 unspecified atom stereocenters. The fraction of sp³-hybridized carbons (Fsp3) is 0.0714. The van der Waals surface area contributed by atoms with Crippen molar-refractivity contribution < 1.29 is 0 Å². The Bertz CT molecular complexity index is 791. The number of hydrogen-bond donors (Lipinski definition) is 1. The van der Waals surface area contributed by atoms with Gasteiger partial charge in [0.2, 0.25) is 5.95 Å². The van der Waals surface area contributed by atoms with Crippen LogP contribution in [0.25, 0.3) is 5.70 Å². The van der Waals surface area contributed by atoms with E-state index in [1.165, 1.54) is 4.88 Å². The van der Waals surface area contributed by atoms with Gasteiger partial charge >= 0.3 is 0 Å². The second-order valence-corrected chi connectivity index (χ2v) is 6.49. The van der Waals surface area contributed by atoms with E-state index in [-0.39, 0.29) is 6.04 Å². The number of nitrogens with one attached hydrogen (secondary N) is 1. The molecular formula is C14H10BrN5S. The molecule has 0 fully saturated rings. The number of anilines is 1. The Labute approximate surface area is 133 Å². The summed E-state index contributed by atoms with van der Waals surface area (Å²) in [5.74, 6) is 0.661. The highest BCUT2D eigenvalue weighted by atomic mass is 79.9. The number of tetrazole rings is 1. The highest BCUT2D eigenvalue weighted by Gasteiger charge is 2.24. The van der Waals surface area contributed by atoms with E-state index < -0.39 is 0 Å². The number of nitrogens with zero attached hydrogens (tertiary/aromatic N) is 4. The smallest absolute Gasteiger partial charge is 0.248 e. The van der Waals surface area contributed by atoms with Crippen molar-refractivity contribution in [2.45, 2.75) is 6.04 Å². The van der Waals surface area contributed by atoms with Crippen molar-refractivity contribution in [3.8, 4) is 0 Å². The van der Waals surface area contributed by atoms with Crippen molar-refractivity contribution in [3.05, 3.63) is 62.8 Å². The quantitative estimate of drug-likeness (QED) is 0.759. The summed E-state index contributed by atoms with van der Waals surface area (Å²) in [5, 5.41) is 17.3. The Kier molecular flexibility index (Phi) is 3.08. The van der Waals surface area contributed by atoms with E-state index in [0.717, 1.165) is 15.7 Å². The number of halogens is 1. The van der Waals surface area contributed by atoms with Crippen molar-refractivity contribution in [1.29, 1.82) is 0 Å². The van der Waals surface area contributed by atoms with Crippen LogP contribution < -0.4 is 5.32 Å². The van der Waals surface area contributed by atoms with E-state index in [4.69, 9.17) is 0 Å². The fourth-order valence-electron chi connectivity index (χ4n) is 2.33. The highest BCUT2D eigenvalue weighted by molar-refractivity contribution is 9.10. The molecule has 0 radical (unpaired) electrons. The molecule has 1 aromatic carbocycles. The second-order valence-electron chi connectivity index (χ2n) is 4.63. The molecule has 1 atom stereocenters. The Balaban J connectivity index is 1.82. The Hall–Kier alpha value is -1.99. The predicted molar refractivity (Wildman–Crippen MR) is 86.0 cm³/mol. The van der Waals surface area contributed by atoms with Gasteiger partial charge in [-0.05, 0) is 45.6 Å². The normalized spacial score (nSPS) is 17.0. The van der Waals surface area contributed by atoms with Gasteiger partial charge in [-0.2, -0.15) is 4.68 Å². The zero-order valence-electron chi connectivity index (χ0n) is 10.8. The molecule has 4 rings (SSSR count). The van der Waals surface area contributed by atoms with E-state index in [9.17, 15) is 0 Å². The van der Waals surface area contributed by atoms with E-state index >= 15 is 0 Å². The molecule has 0 saturated heterocycles. The van der Waals surface area contributed by atoms with Crippen LogP contribution in [0.1, 0.15) is 16.5 Å². The lowest BCUT2D eigenvalue weighted by atomic mass is 10.0. The van der Waals surface area contributed by atoms with Gasteiger partial charge in [-0.25, -0.2) is 0 Å². The summed E-state index contributed by atoms with van der Waals surface area (Å²) in [5.41, 5.74) is 2.18. The van der Waals surface area contributed by atoms with Gasteiger partial charge in [0.05, 0.1) is 10.6 Å². The maximum Gasteiger partial charge on any atom is 0.248 e. The largest absolute Gasteiger partial charge is 0.322 e. The number of allylic oxidation sites excluding steroid dienone is 1. The summed E-state index contributed by atoms with van der Waals surface area (Å²) in [6.45, 7) is 0. The molecule has 0 aliphatic carbocycles. The van der Waals surface area contributed by atoms with Crippen LogP contribution in [0, 0.1) is 0 Å². The van der Waals surface area contributed by atoms with Crippen LogP contribution in [-0.2, 0) is 0 Å². The lowest BCUT2D eigenvalue weighted by Gasteiger charge is -2.22. The summed E-state index contributed by atoms with van der Waals surface area (Å²) >= 11 is 5.15. The van der Waals surface area contributed by atoms with Crippen molar-refractivity contribution in [1.82, 2.24) is 20.2 Å². The molecular weight excluding hydrogens is 350 g/mol. The number of benzene rings is 1. The van der Waals surface area contributed by atoms with Crippen LogP contribution in [-0.4, -0.2) is 20.2 Å². The van der Waals surface area contributed by atoms with Gasteiger partial charge in [0.15, 0.2) is 0 Å². The van der Waals surface area contributed by atoms with Crippen LogP contribution in [0.15, 0.2) is 52.3 Å². The summed E-state index contributed by atoms with van der Waals surface area (Å²) < 4.78 is 2.85. The first-order valence-corrected chi connectivity index (χ1v) is 8.04. The number of fused-ring (bicyclic) bond motifs is 1. The summed E-state index contributed by atoms with van der Waals surface area (Å²) in [7, 11) is 0. The van der Waals surface area contributed by atoms with Crippen molar-refractivity contribution in [2.75, 3.05) is 5.32 Å². The van der Waals surface area contributed by atoms with Crippen LogP contribution in [0.5, 0.6) is 0 Å². The van der Waals surface area contributed by atoms with Gasteiger partial charge in [0, 0.05) is 4.47 Å². The van der Waals surface area contributed by atoms with Gasteiger partial charge in [0.25, 0.3) is 0 Å². The third kappa shape index (κ3) is 2.28. The first kappa shape index (κ1) is 12.7. The SMILES string of the molecule is Brc1ccc([C@@H]2C=C(c3cccs3)Nc3nnnn32)cc1. The van der Waals surface area contributed by atoms with Crippen LogP contribution >= 0.6 is 27.3 Å². The maximum atomic E-state index is 4.09. The number of rotatable bonds is 2. The summed E-state index contributed by atoms with van der Waals surface area (Å²) in [6, 6.07) is 12.3. The molecule has 5 nitrogen and oxygen atoms in total. The number of aromatic nitrogens is 4. The molecule has 104 valence electrons. The highest BCUT2D eigenvalue weighted by Crippen LogP contribution is 2.33. The molecule has 1 aliphatic heterocycles. The van der Waals surface area contributed by atoms with Gasteiger partial charge < -0.3 is 5.32 Å². The Morgan fingerprint density at radius 2 is 2.05 bits per heavy atom. The third-order valence-electron chi connectivity index (χ3n) is 3.33. The molecule has 3 heterocycles. The van der Waals surface area contributed by atoms with Crippen LogP contribution in [0.4, 0.5) is 5.95 Å². The van der Waals surface area contributed by atoms with Gasteiger partial charge in [-0.1, -0.05) is 39.2 Å². The molecule has 7 heteroatoms. The standard InChI is InChI=1S/C14H10BrN5S/c15-10-5-3-9(4-6-10)12-8-11(13-2-1-7-21-13)16-14-17-18-19-20(12)14/h1-8,12H,(H,16,17,19)/t12-/m0/s1. The molecule has 2 aromatic heterocycles. The van der Waals surface area contributed by atoms with E-state index in [1.54, 1.807) is 16.0 Å². The molecule has 0 bridgehead atoms. The van der Waals surface area contributed by atoms with Crippen molar-refractivity contribution in [2.24, 2.45) is 0 Å². The van der Waals surface area contributed by atoms with Gasteiger partial charge in [-0.3, -0.25) is 0 Å². The molecule has 0 spiro atoms. The molecule has 21 heavy (non-hydrogen) atoms. The Morgan fingerprint density at radius 3 is 2.81 bits per heavy atom. The summed E-state index contributed by atoms with van der Waals surface area (Å²) in [4.78, 5) is 1.17.